The number of ether oxygens (including phenoxy) is 1. The molecule has 4 rings (SSSR count). The zero-order valence-corrected chi connectivity index (χ0v) is 26.3. The van der Waals surface area contributed by atoms with E-state index in [0.717, 1.165) is 13.8 Å². The average molecular weight is 718 g/mol. The van der Waals surface area contributed by atoms with E-state index in [2.05, 4.69) is 25.6 Å². The molecular formula is C29H29Cl2F8N5O3. The van der Waals surface area contributed by atoms with Crippen LogP contribution in [0.5, 0.6) is 5.88 Å². The van der Waals surface area contributed by atoms with Crippen LogP contribution in [-0.2, 0) is 17.8 Å². The van der Waals surface area contributed by atoms with Crippen molar-refractivity contribution in [3.05, 3.63) is 50.8 Å². The van der Waals surface area contributed by atoms with Gasteiger partial charge in [0.15, 0.2) is 12.3 Å². The molecule has 0 aliphatic heterocycles. The minimum absolute atomic E-state index is 0.0310. The molecule has 0 saturated heterocycles. The molecule has 0 atom stereocenters. The Kier molecular flexibility index (Phi) is 10.8. The van der Waals surface area contributed by atoms with Gasteiger partial charge in [-0.2, -0.15) is 31.3 Å². The molecule has 47 heavy (non-hydrogen) atoms. The molecule has 0 unspecified atom stereocenters. The van der Waals surface area contributed by atoms with Gasteiger partial charge in [-0.1, -0.05) is 29.3 Å². The van der Waals surface area contributed by atoms with Gasteiger partial charge in [0.05, 0.1) is 16.5 Å². The molecular weight excluding hydrogens is 689 g/mol. The number of fused-ring (bicyclic) bond motifs is 1. The lowest BCUT2D eigenvalue weighted by molar-refractivity contribution is -0.211. The van der Waals surface area contributed by atoms with Crippen molar-refractivity contribution in [1.82, 2.24) is 25.6 Å². The van der Waals surface area contributed by atoms with Gasteiger partial charge in [0.1, 0.15) is 16.8 Å². The van der Waals surface area contributed by atoms with Crippen LogP contribution in [-0.4, -0.2) is 58.2 Å². The highest BCUT2D eigenvalue weighted by Crippen LogP contribution is 2.39. The van der Waals surface area contributed by atoms with E-state index < -0.39 is 60.5 Å². The Labute approximate surface area is 272 Å². The minimum Gasteiger partial charge on any atom is -0.471 e. The maximum absolute atomic E-state index is 13.2. The molecule has 0 spiro atoms. The van der Waals surface area contributed by atoms with Crippen LogP contribution in [0, 0.1) is 11.3 Å². The molecule has 0 radical (unpaired) electrons. The number of alkyl halides is 8. The molecule has 3 aromatic rings. The molecule has 1 aromatic carbocycles. The molecule has 18 heteroatoms. The number of carbonyl (C=O) groups is 2. The van der Waals surface area contributed by atoms with E-state index in [0.29, 0.717) is 0 Å². The average Bonchev–Trinajstić information content (AvgIpc) is 3.37. The van der Waals surface area contributed by atoms with E-state index in [-0.39, 0.29) is 82.4 Å². The summed E-state index contributed by atoms with van der Waals surface area (Å²) >= 11 is 12.9. The van der Waals surface area contributed by atoms with Gasteiger partial charge in [0.2, 0.25) is 11.8 Å². The van der Waals surface area contributed by atoms with E-state index in [1.54, 1.807) is 0 Å². The summed E-state index contributed by atoms with van der Waals surface area (Å²) in [5.41, 5.74) is -2.21. The monoisotopic (exact) mass is 717 g/mol. The van der Waals surface area contributed by atoms with Gasteiger partial charge in [0, 0.05) is 24.0 Å². The number of hydrogen-bond donors (Lipinski definition) is 3. The van der Waals surface area contributed by atoms with Crippen LogP contribution >= 0.6 is 23.2 Å². The van der Waals surface area contributed by atoms with Crippen LogP contribution in [0.4, 0.5) is 35.1 Å². The van der Waals surface area contributed by atoms with Gasteiger partial charge in [-0.05, 0) is 62.8 Å². The Bertz CT molecular complexity index is 1620. The molecule has 1 fully saturated rings. The van der Waals surface area contributed by atoms with Crippen molar-refractivity contribution < 1.29 is 49.4 Å². The van der Waals surface area contributed by atoms with Gasteiger partial charge in [-0.3, -0.25) is 9.59 Å². The van der Waals surface area contributed by atoms with Crippen LogP contribution < -0.4 is 15.4 Å². The molecule has 3 N–H and O–H groups in total. The van der Waals surface area contributed by atoms with Crippen molar-refractivity contribution >= 4 is 46.2 Å². The topological polar surface area (TPSA) is 109 Å². The van der Waals surface area contributed by atoms with Gasteiger partial charge in [-0.15, -0.1) is 0 Å². The second-order valence-electron chi connectivity index (χ2n) is 11.6. The summed E-state index contributed by atoms with van der Waals surface area (Å²) in [7, 11) is 0. The maximum atomic E-state index is 13.2. The lowest BCUT2D eigenvalue weighted by Gasteiger charge is -2.30. The Morgan fingerprint density at radius 1 is 1.04 bits per heavy atom. The second kappa shape index (κ2) is 14.0. The minimum atomic E-state index is -4.79. The lowest BCUT2D eigenvalue weighted by atomic mass is 9.85. The van der Waals surface area contributed by atoms with Crippen LogP contribution in [0.3, 0.4) is 0 Å². The van der Waals surface area contributed by atoms with Crippen LogP contribution in [0.2, 0.25) is 10.0 Å². The predicted molar refractivity (Wildman–Crippen MR) is 156 cm³/mol. The summed E-state index contributed by atoms with van der Waals surface area (Å²) in [6, 6.07) is 3.54. The quantitative estimate of drug-likeness (QED) is 0.188. The fourth-order valence-corrected chi connectivity index (χ4v) is 5.51. The molecule has 1 aliphatic carbocycles. The maximum Gasteiger partial charge on any atom is 0.402 e. The van der Waals surface area contributed by atoms with E-state index in [9.17, 15) is 44.7 Å². The smallest absolute Gasteiger partial charge is 0.402 e. The molecule has 0 bridgehead atoms. The van der Waals surface area contributed by atoms with Gasteiger partial charge >= 0.3 is 12.4 Å². The number of hydrogen-bond acceptors (Lipinski definition) is 5. The first-order chi connectivity index (χ1) is 21.8. The molecule has 258 valence electrons. The number of pyridine rings is 1. The highest BCUT2D eigenvalue weighted by Gasteiger charge is 2.52. The van der Waals surface area contributed by atoms with Gasteiger partial charge < -0.3 is 20.4 Å². The highest BCUT2D eigenvalue weighted by atomic mass is 35.5. The highest BCUT2D eigenvalue weighted by molar-refractivity contribution is 6.36. The van der Waals surface area contributed by atoms with Crippen LogP contribution in [0.25, 0.3) is 11.2 Å². The summed E-state index contributed by atoms with van der Waals surface area (Å²) in [4.78, 5) is 36.7. The summed E-state index contributed by atoms with van der Waals surface area (Å²) in [5.74, 6) is -3.79. The second-order valence-corrected chi connectivity index (χ2v) is 12.4. The molecule has 1 saturated carbocycles. The Balaban J connectivity index is 1.55. The predicted octanol–water partition coefficient (Wildman–Crippen LogP) is 7.56. The fraction of sp³-hybridized carbons (Fsp3) is 0.517. The van der Waals surface area contributed by atoms with Crippen molar-refractivity contribution in [2.24, 2.45) is 11.3 Å². The SMILES string of the molecule is CC(C)(C(=O)NCc1ccc(Cl)c(Cc2nc3nc(OCC(F)F)c(C(=O)NC4CCC(C(F)(F)F)CC4)cc3[nH]2)c1Cl)C(F)(F)F. The fourth-order valence-electron chi connectivity index (χ4n) is 4.94. The van der Waals surface area contributed by atoms with Crippen molar-refractivity contribution in [2.45, 2.75) is 77.3 Å². The Morgan fingerprint density at radius 2 is 1.70 bits per heavy atom. The number of H-pyrrole nitrogens is 1. The molecule has 8 nitrogen and oxygen atoms in total. The molecule has 2 aromatic heterocycles. The number of amides is 2. The standard InChI is InChI=1S/C29H29Cl2F8N5O3/c1-27(2,29(37,38)39)26(46)40-11-13-3-8-18(30)16(22(13)31)10-21-42-19-9-17(25(44-23(19)43-21)47-12-20(32)33)24(45)41-15-6-4-14(5-7-15)28(34,35)36/h3,8-9,14-15,20H,4-7,10-12H2,1-2H3,(H,40,46)(H,41,45)(H,42,43,44). The molecule has 2 amide bonds. The van der Waals surface area contributed by atoms with E-state index >= 15 is 0 Å². The first-order valence-corrected chi connectivity index (χ1v) is 15.0. The normalized spacial score (nSPS) is 17.6. The summed E-state index contributed by atoms with van der Waals surface area (Å²) in [5, 5.41) is 5.06. The lowest BCUT2D eigenvalue weighted by Crippen LogP contribution is -2.46. The zero-order valence-electron chi connectivity index (χ0n) is 24.8. The third-order valence-electron chi connectivity index (χ3n) is 7.93. The van der Waals surface area contributed by atoms with E-state index in [1.165, 1.54) is 18.2 Å². The number of aromatic nitrogens is 3. The van der Waals surface area contributed by atoms with Gasteiger partial charge in [-0.25, -0.2) is 13.8 Å². The molecule has 2 heterocycles. The number of imidazole rings is 1. The van der Waals surface area contributed by atoms with Crippen LogP contribution in [0.15, 0.2) is 18.2 Å². The van der Waals surface area contributed by atoms with Crippen molar-refractivity contribution in [3.63, 3.8) is 0 Å². The first-order valence-electron chi connectivity index (χ1n) is 14.3. The number of benzene rings is 1. The van der Waals surface area contributed by atoms with E-state index in [1.807, 2.05) is 0 Å². The summed E-state index contributed by atoms with van der Waals surface area (Å²) in [6.45, 7) is 0.0502. The summed E-state index contributed by atoms with van der Waals surface area (Å²) in [6.07, 6.45) is -12.3. The van der Waals surface area contributed by atoms with E-state index in [4.69, 9.17) is 27.9 Å². The Hall–Kier alpha value is -3.40. The van der Waals surface area contributed by atoms with Crippen molar-refractivity contribution in [2.75, 3.05) is 6.61 Å². The number of carbonyl (C=O) groups excluding carboxylic acids is 2. The molecule has 1 aliphatic rings. The van der Waals surface area contributed by atoms with Gasteiger partial charge in [0.25, 0.3) is 12.3 Å². The third kappa shape index (κ3) is 8.55. The zero-order chi connectivity index (χ0) is 34.9. The van der Waals surface area contributed by atoms with Crippen molar-refractivity contribution in [3.8, 4) is 5.88 Å². The number of aromatic amines is 1. The third-order valence-corrected chi connectivity index (χ3v) is 8.75. The number of rotatable bonds is 10. The first kappa shape index (κ1) is 36.4. The van der Waals surface area contributed by atoms with Crippen LogP contribution in [0.1, 0.15) is 66.8 Å². The Morgan fingerprint density at radius 3 is 2.30 bits per heavy atom. The van der Waals surface area contributed by atoms with Crippen molar-refractivity contribution in [1.29, 1.82) is 0 Å². The largest absolute Gasteiger partial charge is 0.471 e. The summed E-state index contributed by atoms with van der Waals surface area (Å²) < 4.78 is 110. The number of nitrogens with zero attached hydrogens (tertiary/aromatic N) is 2. The number of halogens is 10. The number of nitrogens with one attached hydrogen (secondary N) is 3.